The first-order valence-corrected chi connectivity index (χ1v) is 6.44. The Labute approximate surface area is 90.9 Å². The highest BCUT2D eigenvalue weighted by molar-refractivity contribution is 8.16. The fourth-order valence-corrected chi connectivity index (χ4v) is 3.27. The van der Waals surface area contributed by atoms with Crippen LogP contribution in [0.2, 0.25) is 0 Å². The third-order valence-electron chi connectivity index (χ3n) is 1.78. The summed E-state index contributed by atoms with van der Waals surface area (Å²) >= 11 is 6.84. The third-order valence-corrected chi connectivity index (χ3v) is 5.47. The molecule has 0 aromatic heterocycles. The van der Waals surface area contributed by atoms with Gasteiger partial charge in [-0.1, -0.05) is 35.5 Å². The van der Waals surface area contributed by atoms with Crippen LogP contribution in [0, 0.1) is 0 Å². The lowest BCUT2D eigenvalue weighted by atomic mass is 10.3. The van der Waals surface area contributed by atoms with E-state index in [2.05, 4.69) is 5.32 Å². The average molecular weight is 251 g/mol. The molecule has 1 aliphatic heterocycles. The number of thioether (sulfide) groups is 1. The van der Waals surface area contributed by atoms with Crippen molar-refractivity contribution in [2.45, 2.75) is 8.56 Å². The third kappa shape index (κ3) is 1.48. The highest BCUT2D eigenvalue weighted by Crippen LogP contribution is 2.49. The predicted molar refractivity (Wildman–Crippen MR) is 57.6 cm³/mol. The van der Waals surface area contributed by atoms with Gasteiger partial charge in [0.05, 0.1) is 5.69 Å². The lowest BCUT2D eigenvalue weighted by Gasteiger charge is -2.17. The van der Waals surface area contributed by atoms with E-state index >= 15 is 0 Å². The molecule has 0 saturated carbocycles. The zero-order valence-corrected chi connectivity index (χ0v) is 9.29. The second kappa shape index (κ2) is 3.03. The monoisotopic (exact) mass is 250 g/mol. The first-order valence-electron chi connectivity index (χ1n) is 3.70. The molecule has 14 heavy (non-hydrogen) atoms. The summed E-state index contributed by atoms with van der Waals surface area (Å²) in [6.45, 7) is 0. The maximum Gasteiger partial charge on any atom is 0.281 e. The Kier molecular flexibility index (Phi) is 2.19. The number of anilines is 1. The van der Waals surface area contributed by atoms with Crippen LogP contribution in [0.5, 0.6) is 0 Å². The number of halogens is 1. The van der Waals surface area contributed by atoms with Gasteiger partial charge in [0, 0.05) is 4.90 Å². The molecule has 7 heteroatoms. The van der Waals surface area contributed by atoms with Gasteiger partial charge in [-0.2, -0.15) is 0 Å². The Morgan fingerprint density at radius 1 is 1.43 bits per heavy atom. The van der Waals surface area contributed by atoms with E-state index in [0.717, 1.165) is 16.7 Å². The van der Waals surface area contributed by atoms with Crippen LogP contribution in [-0.2, 0) is 10.0 Å². The standard InChI is InChI=1S/C7H7ClN2O2S2/c8-7(14(9,11)12)10-5-3-1-2-4-6(5)13-7/h1-4,10H,(H2,9,11,12). The minimum absolute atomic E-state index is 0.682. The molecular formula is C7H7ClN2O2S2. The summed E-state index contributed by atoms with van der Waals surface area (Å²) in [5.74, 6) is 0. The molecule has 0 fully saturated rings. The van der Waals surface area contributed by atoms with Crippen molar-refractivity contribution in [2.75, 3.05) is 5.32 Å². The van der Waals surface area contributed by atoms with Gasteiger partial charge >= 0.3 is 0 Å². The molecule has 0 bridgehead atoms. The molecular weight excluding hydrogens is 244 g/mol. The normalized spacial score (nSPS) is 25.6. The number of nitrogens with two attached hydrogens (primary N) is 1. The van der Waals surface area contributed by atoms with Gasteiger partial charge in [0.25, 0.3) is 13.7 Å². The second-order valence-electron chi connectivity index (χ2n) is 2.80. The minimum Gasteiger partial charge on any atom is -0.343 e. The smallest absolute Gasteiger partial charge is 0.281 e. The molecule has 1 aromatic carbocycles. The van der Waals surface area contributed by atoms with Crippen LogP contribution in [0.15, 0.2) is 29.2 Å². The van der Waals surface area contributed by atoms with Gasteiger partial charge in [-0.25, -0.2) is 13.6 Å². The molecule has 0 amide bonds. The van der Waals surface area contributed by atoms with Crippen LogP contribution < -0.4 is 10.5 Å². The van der Waals surface area contributed by atoms with Crippen LogP contribution in [0.4, 0.5) is 5.69 Å². The molecule has 0 radical (unpaired) electrons. The molecule has 2 rings (SSSR count). The molecule has 1 unspecified atom stereocenters. The maximum atomic E-state index is 11.2. The summed E-state index contributed by atoms with van der Waals surface area (Å²) in [4.78, 5) is 0.775. The zero-order valence-electron chi connectivity index (χ0n) is 6.90. The van der Waals surface area contributed by atoms with Crippen molar-refractivity contribution >= 4 is 39.1 Å². The van der Waals surface area contributed by atoms with Gasteiger partial charge in [0.2, 0.25) is 0 Å². The Bertz CT molecular complexity index is 449. The van der Waals surface area contributed by atoms with E-state index in [1.807, 2.05) is 0 Å². The molecule has 3 N–H and O–H groups in total. The lowest BCUT2D eigenvalue weighted by molar-refractivity contribution is 0.594. The van der Waals surface area contributed by atoms with Gasteiger partial charge in [0.15, 0.2) is 0 Å². The average Bonchev–Trinajstić information content (AvgIpc) is 2.40. The van der Waals surface area contributed by atoms with Crippen molar-refractivity contribution in [1.82, 2.24) is 0 Å². The van der Waals surface area contributed by atoms with Crippen LogP contribution in [0.25, 0.3) is 0 Å². The van der Waals surface area contributed by atoms with Crippen LogP contribution >= 0.6 is 23.4 Å². The van der Waals surface area contributed by atoms with E-state index in [1.165, 1.54) is 0 Å². The van der Waals surface area contributed by atoms with Crippen LogP contribution in [0.3, 0.4) is 0 Å². The molecule has 1 aliphatic rings. The number of hydrogen-bond acceptors (Lipinski definition) is 4. The van der Waals surface area contributed by atoms with E-state index in [1.54, 1.807) is 24.3 Å². The number of hydrogen-bond donors (Lipinski definition) is 2. The van der Waals surface area contributed by atoms with Crippen LogP contribution in [0.1, 0.15) is 0 Å². The number of primary sulfonamides is 1. The van der Waals surface area contributed by atoms with Crippen molar-refractivity contribution in [3.63, 3.8) is 0 Å². The first-order chi connectivity index (χ1) is 6.42. The summed E-state index contributed by atoms with van der Waals surface area (Å²) in [6, 6.07) is 7.12. The van der Waals surface area contributed by atoms with E-state index in [4.69, 9.17) is 16.7 Å². The van der Waals surface area contributed by atoms with Gasteiger partial charge in [-0.05, 0) is 12.1 Å². The molecule has 76 valence electrons. The number of benzene rings is 1. The second-order valence-corrected chi connectivity index (χ2v) is 7.04. The summed E-state index contributed by atoms with van der Waals surface area (Å²) < 4.78 is 20.7. The van der Waals surface area contributed by atoms with Gasteiger partial charge in [0.1, 0.15) is 0 Å². The van der Waals surface area contributed by atoms with E-state index < -0.39 is 13.7 Å². The fraction of sp³-hybridized carbons (Fsp3) is 0.143. The Morgan fingerprint density at radius 2 is 2.07 bits per heavy atom. The number of rotatable bonds is 1. The minimum atomic E-state index is -3.85. The molecule has 1 aromatic rings. The van der Waals surface area contributed by atoms with E-state index in [-0.39, 0.29) is 0 Å². The number of alkyl halides is 1. The van der Waals surface area contributed by atoms with E-state index in [0.29, 0.717) is 5.69 Å². The van der Waals surface area contributed by atoms with Crippen molar-refractivity contribution in [2.24, 2.45) is 5.14 Å². The number of sulfonamides is 1. The number of fused-ring (bicyclic) bond motifs is 1. The molecule has 0 saturated heterocycles. The summed E-state index contributed by atoms with van der Waals surface area (Å²) in [5, 5.41) is 7.68. The number of nitrogens with one attached hydrogen (secondary N) is 1. The van der Waals surface area contributed by atoms with Gasteiger partial charge in [-0.15, -0.1) is 0 Å². The largest absolute Gasteiger partial charge is 0.343 e. The van der Waals surface area contributed by atoms with Crippen molar-refractivity contribution < 1.29 is 8.42 Å². The Balaban J connectivity index is 2.45. The molecule has 1 atom stereocenters. The van der Waals surface area contributed by atoms with Gasteiger partial charge in [-0.3, -0.25) is 0 Å². The van der Waals surface area contributed by atoms with Crippen molar-refractivity contribution in [3.05, 3.63) is 24.3 Å². The summed E-state index contributed by atoms with van der Waals surface area (Å²) in [6.07, 6.45) is 0. The Morgan fingerprint density at radius 3 is 2.64 bits per heavy atom. The topological polar surface area (TPSA) is 72.2 Å². The first kappa shape index (κ1) is 10.1. The predicted octanol–water partition coefficient (Wildman–Crippen LogP) is 1.34. The highest BCUT2D eigenvalue weighted by Gasteiger charge is 2.46. The molecule has 4 nitrogen and oxygen atoms in total. The van der Waals surface area contributed by atoms with Crippen molar-refractivity contribution in [1.29, 1.82) is 0 Å². The molecule has 0 aliphatic carbocycles. The zero-order chi connectivity index (χ0) is 10.4. The quantitative estimate of drug-likeness (QED) is 0.583. The summed E-state index contributed by atoms with van der Waals surface area (Å²) in [5.41, 5.74) is 0.682. The highest BCUT2D eigenvalue weighted by atomic mass is 35.5. The fourth-order valence-electron chi connectivity index (χ4n) is 1.12. The molecule has 0 spiro atoms. The SMILES string of the molecule is NS(=O)(=O)C1(Cl)Nc2ccccc2S1. The van der Waals surface area contributed by atoms with Crippen molar-refractivity contribution in [3.8, 4) is 0 Å². The summed E-state index contributed by atoms with van der Waals surface area (Å²) in [7, 11) is -3.85. The Hall–Kier alpha value is -0.430. The maximum absolute atomic E-state index is 11.2. The number of para-hydroxylation sites is 1. The van der Waals surface area contributed by atoms with Gasteiger partial charge < -0.3 is 5.32 Å². The lowest BCUT2D eigenvalue weighted by Crippen LogP contribution is -2.39. The molecule has 1 heterocycles. The van der Waals surface area contributed by atoms with E-state index in [9.17, 15) is 8.42 Å². The van der Waals surface area contributed by atoms with Crippen LogP contribution in [-0.4, -0.2) is 12.1 Å².